The van der Waals surface area contributed by atoms with Gasteiger partial charge in [0.05, 0.1) is 6.04 Å². The lowest BCUT2D eigenvalue weighted by atomic mass is 9.85. The smallest absolute Gasteiger partial charge is 0.315 e. The molecule has 2 saturated carbocycles. The first kappa shape index (κ1) is 30.8. The van der Waals surface area contributed by atoms with Crippen LogP contribution in [0.3, 0.4) is 0 Å². The molecule has 0 aromatic carbocycles. The molecule has 1 aliphatic heterocycles. The average molecular weight is 549 g/mol. The molecule has 0 radical (unpaired) electrons. The number of nitrogens with zero attached hydrogens (tertiary/aromatic N) is 1. The number of hydrogen-bond acceptors (Lipinski definition) is 6. The lowest BCUT2D eigenvalue weighted by Gasteiger charge is -2.38. The van der Waals surface area contributed by atoms with Gasteiger partial charge in [-0.25, -0.2) is 4.79 Å². The first-order valence-corrected chi connectivity index (χ1v) is 14.2. The van der Waals surface area contributed by atoms with E-state index in [2.05, 4.69) is 35.1 Å². The van der Waals surface area contributed by atoms with Gasteiger partial charge in [-0.1, -0.05) is 61.3 Å². The Bertz CT molecular complexity index is 985. The van der Waals surface area contributed by atoms with Crippen molar-refractivity contribution in [3.05, 3.63) is 0 Å². The zero-order chi connectivity index (χ0) is 29.4. The first-order valence-electron chi connectivity index (χ1n) is 14.2. The lowest BCUT2D eigenvalue weighted by molar-refractivity contribution is -0.145. The van der Waals surface area contributed by atoms with Crippen LogP contribution in [0.5, 0.6) is 0 Å². The van der Waals surface area contributed by atoms with Crippen LogP contribution in [0.15, 0.2) is 0 Å². The summed E-state index contributed by atoms with van der Waals surface area (Å²) in [6.07, 6.45) is 2.25. The molecule has 3 aliphatic rings. The quantitative estimate of drug-likeness (QED) is 0.226. The van der Waals surface area contributed by atoms with Crippen LogP contribution in [-0.4, -0.2) is 78.7 Å². The van der Waals surface area contributed by atoms with Crippen LogP contribution in [-0.2, 0) is 19.2 Å². The van der Waals surface area contributed by atoms with Crippen LogP contribution >= 0.6 is 0 Å². The summed E-state index contributed by atoms with van der Waals surface area (Å²) >= 11 is 0. The molecular formula is C28H48N6O5. The highest BCUT2D eigenvalue weighted by Crippen LogP contribution is 2.65. The number of likely N-dealkylation sites (tertiary alicyclic amines) is 1. The van der Waals surface area contributed by atoms with E-state index < -0.39 is 47.2 Å². The third kappa shape index (κ3) is 6.91. The fraction of sp³-hybridized carbons (Fsp3) is 0.821. The third-order valence-electron chi connectivity index (χ3n) is 8.84. The van der Waals surface area contributed by atoms with Crippen LogP contribution in [0.25, 0.3) is 0 Å². The highest BCUT2D eigenvalue weighted by atomic mass is 16.2. The second-order valence-electron chi connectivity index (χ2n) is 13.7. The number of nitrogens with two attached hydrogens (primary N) is 1. The van der Waals surface area contributed by atoms with Gasteiger partial charge in [0.15, 0.2) is 0 Å². The lowest BCUT2D eigenvalue weighted by Crippen LogP contribution is -2.62. The van der Waals surface area contributed by atoms with Crippen LogP contribution < -0.4 is 27.0 Å². The van der Waals surface area contributed by atoms with E-state index in [1.165, 1.54) is 0 Å². The number of primary amides is 1. The number of carbonyl (C=O) groups excluding carboxylic acids is 5. The van der Waals surface area contributed by atoms with Gasteiger partial charge in [0.2, 0.25) is 17.6 Å². The number of urea groups is 1. The van der Waals surface area contributed by atoms with Gasteiger partial charge in [-0.15, -0.1) is 0 Å². The Balaban J connectivity index is 1.81. The summed E-state index contributed by atoms with van der Waals surface area (Å²) < 4.78 is 0. The predicted octanol–water partition coefficient (Wildman–Crippen LogP) is 0.767. The van der Waals surface area contributed by atoms with Crippen LogP contribution in [0, 0.1) is 34.5 Å². The largest absolute Gasteiger partial charge is 0.363 e. The van der Waals surface area contributed by atoms with Crippen molar-refractivity contribution < 1.29 is 24.0 Å². The topological polar surface area (TPSA) is 163 Å². The summed E-state index contributed by atoms with van der Waals surface area (Å²) in [6.45, 7) is 14.7. The fourth-order valence-corrected chi connectivity index (χ4v) is 5.99. The maximum atomic E-state index is 14.0. The van der Waals surface area contributed by atoms with Gasteiger partial charge < -0.3 is 31.9 Å². The van der Waals surface area contributed by atoms with E-state index in [1.807, 2.05) is 41.7 Å². The van der Waals surface area contributed by atoms with Gasteiger partial charge in [-0.2, -0.15) is 0 Å². The minimum absolute atomic E-state index is 0.0814. The van der Waals surface area contributed by atoms with Crippen LogP contribution in [0.1, 0.15) is 67.7 Å². The fourth-order valence-electron chi connectivity index (χ4n) is 5.99. The zero-order valence-corrected chi connectivity index (χ0v) is 24.7. The molecule has 1 saturated heterocycles. The molecule has 6 N–H and O–H groups in total. The summed E-state index contributed by atoms with van der Waals surface area (Å²) in [6, 6.07) is -3.26. The van der Waals surface area contributed by atoms with Gasteiger partial charge in [0.25, 0.3) is 5.91 Å². The molecule has 3 fully saturated rings. The molecule has 0 aromatic rings. The summed E-state index contributed by atoms with van der Waals surface area (Å²) in [5.74, 6) is -2.18. The minimum atomic E-state index is -1.08. The SMILES string of the molecule is CNC[C@@H](NC(=O)N[C@H](C(=O)N1CC2C([C@H]1C(=O)N[C@H](CC1CC1)C(=O)C(N)=O)C2(C)C)C(C)(C)C)C(C)C. The summed E-state index contributed by atoms with van der Waals surface area (Å²) in [5.41, 5.74) is 4.49. The molecule has 0 aromatic heterocycles. The molecule has 11 nitrogen and oxygen atoms in total. The highest BCUT2D eigenvalue weighted by Gasteiger charge is 2.70. The molecule has 2 unspecified atom stereocenters. The van der Waals surface area contributed by atoms with Gasteiger partial charge in [-0.3, -0.25) is 19.2 Å². The number of fused-ring (bicyclic) bond motifs is 1. The number of ketones is 1. The maximum Gasteiger partial charge on any atom is 0.315 e. The Morgan fingerprint density at radius 3 is 2.13 bits per heavy atom. The highest BCUT2D eigenvalue weighted by molar-refractivity contribution is 6.37. The Morgan fingerprint density at radius 1 is 1.03 bits per heavy atom. The number of carbonyl (C=O) groups is 5. The Morgan fingerprint density at radius 2 is 1.64 bits per heavy atom. The second kappa shape index (κ2) is 11.4. The van der Waals surface area contributed by atoms with Crippen molar-refractivity contribution in [2.24, 2.45) is 40.2 Å². The van der Waals surface area contributed by atoms with Crippen LogP contribution in [0.4, 0.5) is 4.79 Å². The third-order valence-corrected chi connectivity index (χ3v) is 8.84. The normalized spacial score (nSPS) is 25.8. The van der Waals surface area contributed by atoms with Crippen molar-refractivity contribution in [1.29, 1.82) is 0 Å². The van der Waals surface area contributed by atoms with E-state index in [1.54, 1.807) is 4.90 Å². The zero-order valence-electron chi connectivity index (χ0n) is 24.7. The summed E-state index contributed by atoms with van der Waals surface area (Å²) in [5, 5.41) is 11.7. The molecule has 5 amide bonds. The molecule has 3 rings (SSSR count). The molecule has 6 atom stereocenters. The van der Waals surface area contributed by atoms with E-state index in [-0.39, 0.29) is 41.0 Å². The van der Waals surface area contributed by atoms with E-state index in [9.17, 15) is 24.0 Å². The molecule has 0 spiro atoms. The van der Waals surface area contributed by atoms with Gasteiger partial charge in [0.1, 0.15) is 12.1 Å². The molecule has 0 bridgehead atoms. The van der Waals surface area contributed by atoms with Crippen LogP contribution in [0.2, 0.25) is 0 Å². The van der Waals surface area contributed by atoms with E-state index in [0.717, 1.165) is 12.8 Å². The van der Waals surface area contributed by atoms with Crippen molar-refractivity contribution >= 4 is 29.5 Å². The Hall–Kier alpha value is -2.69. The molecule has 220 valence electrons. The van der Waals surface area contributed by atoms with E-state index >= 15 is 0 Å². The maximum absolute atomic E-state index is 14.0. The van der Waals surface area contributed by atoms with Crippen molar-refractivity contribution in [3.8, 4) is 0 Å². The number of likely N-dealkylation sites (N-methyl/N-ethyl adjacent to an activating group) is 1. The van der Waals surface area contributed by atoms with Crippen molar-refractivity contribution in [3.63, 3.8) is 0 Å². The molecule has 1 heterocycles. The summed E-state index contributed by atoms with van der Waals surface area (Å²) in [4.78, 5) is 66.5. The standard InChI is InChI=1S/C28H48N6O5/c1-14(2)18(12-30-8)32-26(39)33-22(27(3,4)5)25(38)34-13-16-19(28(16,6)7)20(34)24(37)31-17(11-15-9-10-15)21(35)23(29)36/h14-20,22,30H,9-13H2,1-8H3,(H2,29,36)(H,31,37)(H2,32,33,39)/t16?,17-,18-,19?,20+,22-/m1/s1. The van der Waals surface area contributed by atoms with Crippen molar-refractivity contribution in [2.75, 3.05) is 20.1 Å². The first-order chi connectivity index (χ1) is 18.0. The Kier molecular flexibility index (Phi) is 9.04. The second-order valence-corrected chi connectivity index (χ2v) is 13.7. The number of nitrogens with one attached hydrogen (secondary N) is 4. The number of amides is 5. The van der Waals surface area contributed by atoms with E-state index in [0.29, 0.717) is 19.5 Å². The van der Waals surface area contributed by atoms with E-state index in [4.69, 9.17) is 5.73 Å². The monoisotopic (exact) mass is 548 g/mol. The van der Waals surface area contributed by atoms with Crippen molar-refractivity contribution in [1.82, 2.24) is 26.2 Å². The average Bonchev–Trinajstić information content (AvgIpc) is 3.67. The number of Topliss-reactive ketones (excluding diaryl/α,β-unsaturated/α-hetero) is 1. The predicted molar refractivity (Wildman–Crippen MR) is 147 cm³/mol. The Labute approximate surface area is 232 Å². The van der Waals surface area contributed by atoms with Gasteiger partial charge in [0, 0.05) is 19.1 Å². The number of piperidine rings is 1. The summed E-state index contributed by atoms with van der Waals surface area (Å²) in [7, 11) is 1.81. The number of hydrogen-bond donors (Lipinski definition) is 5. The molecule has 11 heteroatoms. The molecular weight excluding hydrogens is 500 g/mol. The minimum Gasteiger partial charge on any atom is -0.363 e. The van der Waals surface area contributed by atoms with Gasteiger partial charge >= 0.3 is 6.03 Å². The molecule has 39 heavy (non-hydrogen) atoms. The van der Waals surface area contributed by atoms with Crippen molar-refractivity contribution in [2.45, 2.75) is 91.9 Å². The molecule has 2 aliphatic carbocycles. The number of rotatable bonds is 12. The van der Waals surface area contributed by atoms with Gasteiger partial charge in [-0.05, 0) is 48.0 Å².